The van der Waals surface area contributed by atoms with E-state index in [1.54, 1.807) is 38.1 Å². The van der Waals surface area contributed by atoms with Gasteiger partial charge in [0, 0.05) is 16.3 Å². The van der Waals surface area contributed by atoms with Crippen molar-refractivity contribution in [3.63, 3.8) is 0 Å². The van der Waals surface area contributed by atoms with Crippen LogP contribution in [-0.2, 0) is 27.0 Å². The van der Waals surface area contributed by atoms with Gasteiger partial charge in [-0.25, -0.2) is 4.39 Å². The average molecular weight is 414 g/mol. The molecule has 0 aliphatic carbocycles. The molecule has 0 amide bonds. The van der Waals surface area contributed by atoms with Crippen molar-refractivity contribution in [1.29, 1.82) is 0 Å². The summed E-state index contributed by atoms with van der Waals surface area (Å²) in [6.07, 6.45) is -0.129. The number of halogens is 1. The fourth-order valence-corrected chi connectivity index (χ4v) is 3.55. The van der Waals surface area contributed by atoms with Gasteiger partial charge in [-0.2, -0.15) is 0 Å². The first-order valence-corrected chi connectivity index (χ1v) is 10.2. The smallest absolute Gasteiger partial charge is 0.310 e. The molecular formula is C22H21FNO4S-. The molecule has 0 fully saturated rings. The number of carbonyl (C=O) groups is 1. The van der Waals surface area contributed by atoms with Crippen molar-refractivity contribution in [3.8, 4) is 16.9 Å². The summed E-state index contributed by atoms with van der Waals surface area (Å²) in [5.41, 5.74) is 3.62. The lowest BCUT2D eigenvalue weighted by molar-refractivity contribution is -0.146. The highest BCUT2D eigenvalue weighted by Crippen LogP contribution is 2.30. The maximum Gasteiger partial charge on any atom is 0.310 e. The predicted molar refractivity (Wildman–Crippen MR) is 108 cm³/mol. The summed E-state index contributed by atoms with van der Waals surface area (Å²) >= 11 is -2.32. The summed E-state index contributed by atoms with van der Waals surface area (Å²) in [6, 6.07) is 14.4. The lowest BCUT2D eigenvalue weighted by atomic mass is 10.1. The van der Waals surface area contributed by atoms with Crippen molar-refractivity contribution in [1.82, 2.24) is 4.57 Å². The van der Waals surface area contributed by atoms with E-state index >= 15 is 0 Å². The first-order chi connectivity index (χ1) is 13.8. The van der Waals surface area contributed by atoms with E-state index in [0.717, 1.165) is 22.5 Å². The Labute approximate surface area is 171 Å². The first-order valence-electron chi connectivity index (χ1n) is 9.12. The van der Waals surface area contributed by atoms with Gasteiger partial charge >= 0.3 is 5.97 Å². The van der Waals surface area contributed by atoms with Gasteiger partial charge in [-0.1, -0.05) is 18.2 Å². The first kappa shape index (κ1) is 21.0. The number of carbonyl (C=O) groups excluding carboxylic acids is 1. The summed E-state index contributed by atoms with van der Waals surface area (Å²) in [5, 5.41) is 0. The summed E-state index contributed by atoms with van der Waals surface area (Å²) in [6.45, 7) is 5.43. The van der Waals surface area contributed by atoms with Gasteiger partial charge in [0.2, 0.25) is 0 Å². The molecule has 152 valence electrons. The second-order valence-electron chi connectivity index (χ2n) is 6.93. The van der Waals surface area contributed by atoms with Crippen LogP contribution in [0, 0.1) is 12.7 Å². The maximum absolute atomic E-state index is 13.9. The molecule has 0 aliphatic rings. The molecule has 0 spiro atoms. The molecule has 29 heavy (non-hydrogen) atoms. The summed E-state index contributed by atoms with van der Waals surface area (Å²) in [4.78, 5) is 12.4. The van der Waals surface area contributed by atoms with E-state index in [-0.39, 0.29) is 29.2 Å². The molecule has 3 aromatic rings. The molecule has 0 saturated carbocycles. The number of hydrogen-bond donors (Lipinski definition) is 0. The van der Waals surface area contributed by atoms with Gasteiger partial charge in [0.1, 0.15) is 5.82 Å². The van der Waals surface area contributed by atoms with Crippen LogP contribution in [0.15, 0.2) is 59.5 Å². The van der Waals surface area contributed by atoms with Gasteiger partial charge in [0.15, 0.2) is 0 Å². The van der Waals surface area contributed by atoms with Crippen molar-refractivity contribution >= 4 is 17.0 Å². The van der Waals surface area contributed by atoms with Crippen LogP contribution in [0.4, 0.5) is 4.39 Å². The number of aromatic nitrogens is 1. The molecule has 0 aliphatic heterocycles. The van der Waals surface area contributed by atoms with E-state index in [2.05, 4.69) is 0 Å². The molecule has 0 N–H and O–H groups in total. The van der Waals surface area contributed by atoms with Gasteiger partial charge < -0.3 is 13.9 Å². The second kappa shape index (κ2) is 8.71. The Kier molecular flexibility index (Phi) is 6.30. The fraction of sp³-hybridized carbons (Fsp3) is 0.227. The minimum Gasteiger partial charge on any atom is -0.768 e. The Morgan fingerprint density at radius 3 is 2.45 bits per heavy atom. The van der Waals surface area contributed by atoms with Crippen LogP contribution in [0.2, 0.25) is 0 Å². The maximum atomic E-state index is 13.9. The summed E-state index contributed by atoms with van der Waals surface area (Å²) < 4.78 is 43.3. The number of ether oxygens (including phenoxy) is 1. The predicted octanol–water partition coefficient (Wildman–Crippen LogP) is 4.32. The quantitative estimate of drug-likeness (QED) is 0.445. The molecule has 7 heteroatoms. The zero-order chi connectivity index (χ0) is 21.1. The third-order valence-corrected chi connectivity index (χ3v) is 5.12. The second-order valence-corrected chi connectivity index (χ2v) is 7.87. The number of benzene rings is 2. The molecule has 1 aromatic heterocycles. The Morgan fingerprint density at radius 1 is 1.17 bits per heavy atom. The van der Waals surface area contributed by atoms with E-state index in [1.807, 2.05) is 17.6 Å². The Morgan fingerprint density at radius 2 is 1.86 bits per heavy atom. The van der Waals surface area contributed by atoms with E-state index in [0.29, 0.717) is 5.69 Å². The third kappa shape index (κ3) is 4.81. The zero-order valence-electron chi connectivity index (χ0n) is 16.3. The third-order valence-electron chi connectivity index (χ3n) is 4.46. The molecule has 1 heterocycles. The molecule has 1 atom stereocenters. The SMILES string of the molecule is Cc1c(CC(=O)OC(C)C)cc(-c2ccc(S(=O)[O-])cc2)n1-c1cccc(F)c1. The number of nitrogens with zero attached hydrogens (tertiary/aromatic N) is 1. The molecule has 1 unspecified atom stereocenters. The van der Waals surface area contributed by atoms with Gasteiger partial charge in [-0.3, -0.25) is 9.00 Å². The Hall–Kier alpha value is -2.77. The fourth-order valence-electron chi connectivity index (χ4n) is 3.19. The van der Waals surface area contributed by atoms with Crippen LogP contribution in [0.5, 0.6) is 0 Å². The highest BCUT2D eigenvalue weighted by atomic mass is 32.2. The van der Waals surface area contributed by atoms with E-state index in [9.17, 15) is 17.9 Å². The van der Waals surface area contributed by atoms with Crippen molar-refractivity contribution < 1.29 is 22.7 Å². The lowest BCUT2D eigenvalue weighted by Gasteiger charge is -2.13. The highest BCUT2D eigenvalue weighted by molar-refractivity contribution is 7.79. The van der Waals surface area contributed by atoms with Crippen molar-refractivity contribution in [2.24, 2.45) is 0 Å². The lowest BCUT2D eigenvalue weighted by Crippen LogP contribution is -2.14. The van der Waals surface area contributed by atoms with Crippen LogP contribution in [-0.4, -0.2) is 25.4 Å². The van der Waals surface area contributed by atoms with E-state index in [4.69, 9.17) is 4.74 Å². The van der Waals surface area contributed by atoms with E-state index in [1.165, 1.54) is 24.3 Å². The van der Waals surface area contributed by atoms with Crippen LogP contribution in [0.1, 0.15) is 25.1 Å². The molecule has 3 rings (SSSR count). The topological polar surface area (TPSA) is 71.4 Å². The standard InChI is InChI=1S/C22H22FNO4S/c1-14(2)28-22(25)12-17-11-21(16-7-9-20(10-8-16)29(26)27)24(15(17)3)19-6-4-5-18(23)13-19/h4-11,13-14H,12H2,1-3H3,(H,26,27)/p-1. The van der Waals surface area contributed by atoms with Crippen molar-refractivity contribution in [2.75, 3.05) is 0 Å². The van der Waals surface area contributed by atoms with Crippen LogP contribution in [0.25, 0.3) is 16.9 Å². The Bertz CT molecular complexity index is 1060. The minimum atomic E-state index is -2.32. The molecule has 0 bridgehead atoms. The summed E-state index contributed by atoms with van der Waals surface area (Å²) in [5.74, 6) is -0.720. The van der Waals surface area contributed by atoms with Gasteiger partial charge in [-0.05, 0) is 79.4 Å². The van der Waals surface area contributed by atoms with Crippen molar-refractivity contribution in [2.45, 2.75) is 38.2 Å². The van der Waals surface area contributed by atoms with E-state index < -0.39 is 11.1 Å². The highest BCUT2D eigenvalue weighted by Gasteiger charge is 2.18. The van der Waals surface area contributed by atoms with Crippen LogP contribution in [0.3, 0.4) is 0 Å². The average Bonchev–Trinajstić information content (AvgIpc) is 2.97. The number of esters is 1. The van der Waals surface area contributed by atoms with Crippen molar-refractivity contribution in [3.05, 3.63) is 71.7 Å². The van der Waals surface area contributed by atoms with Gasteiger partial charge in [0.05, 0.1) is 18.2 Å². The van der Waals surface area contributed by atoms with Gasteiger partial charge in [0.25, 0.3) is 0 Å². The number of hydrogen-bond acceptors (Lipinski definition) is 4. The molecule has 0 radical (unpaired) electrons. The zero-order valence-corrected chi connectivity index (χ0v) is 17.2. The molecule has 2 aromatic carbocycles. The molecule has 5 nitrogen and oxygen atoms in total. The Balaban J connectivity index is 2.11. The van der Waals surface area contributed by atoms with Crippen LogP contribution < -0.4 is 0 Å². The molecular weight excluding hydrogens is 393 g/mol. The summed E-state index contributed by atoms with van der Waals surface area (Å²) in [7, 11) is 0. The molecule has 0 saturated heterocycles. The normalized spacial score (nSPS) is 12.2. The number of rotatable bonds is 6. The monoisotopic (exact) mass is 414 g/mol. The largest absolute Gasteiger partial charge is 0.768 e. The minimum absolute atomic E-state index is 0.0853. The van der Waals surface area contributed by atoms with Gasteiger partial charge in [-0.15, -0.1) is 0 Å². The van der Waals surface area contributed by atoms with Crippen LogP contribution >= 0.6 is 0 Å².